The molecule has 4 N–H and O–H groups in total. The van der Waals surface area contributed by atoms with Gasteiger partial charge in [0.1, 0.15) is 10.8 Å². The minimum atomic E-state index is -0.820. The van der Waals surface area contributed by atoms with Crippen LogP contribution in [0.4, 0.5) is 10.5 Å². The molecule has 1 atom stereocenters. The lowest BCUT2D eigenvalue weighted by molar-refractivity contribution is 0.251. The van der Waals surface area contributed by atoms with Crippen LogP contribution in [-0.2, 0) is 11.8 Å². The Morgan fingerprint density at radius 1 is 1.15 bits per heavy atom. The first-order valence-corrected chi connectivity index (χ1v) is 13.7. The maximum absolute atomic E-state index is 11.9. The van der Waals surface area contributed by atoms with Crippen molar-refractivity contribution in [1.82, 2.24) is 10.3 Å². The van der Waals surface area contributed by atoms with Crippen molar-refractivity contribution >= 4 is 46.8 Å². The number of allylic oxidation sites excluding steroid dienone is 1. The zero-order valence-electron chi connectivity index (χ0n) is 19.5. The van der Waals surface area contributed by atoms with Gasteiger partial charge in [0, 0.05) is 26.9 Å². The number of aryl methyl sites for hydroxylation is 2. The van der Waals surface area contributed by atoms with E-state index in [0.717, 1.165) is 44.4 Å². The van der Waals surface area contributed by atoms with Crippen molar-refractivity contribution in [2.45, 2.75) is 35.6 Å². The maximum Gasteiger partial charge on any atom is 0.317 e. The summed E-state index contributed by atoms with van der Waals surface area (Å²) in [5, 5.41) is 7.66. The maximum atomic E-state index is 11.9. The number of carbonyl (C=O) groups is 1. The Kier molecular flexibility index (Phi) is 7.17. The van der Waals surface area contributed by atoms with Crippen molar-refractivity contribution in [3.8, 4) is 0 Å². The van der Waals surface area contributed by atoms with Crippen molar-refractivity contribution in [3.05, 3.63) is 93.4 Å². The number of nitrogens with two attached hydrogens (primary N) is 1. The predicted molar refractivity (Wildman–Crippen MR) is 144 cm³/mol. The second-order valence-corrected chi connectivity index (χ2v) is 10.1. The Bertz CT molecular complexity index is 1270. The molecule has 2 amide bonds. The van der Waals surface area contributed by atoms with Gasteiger partial charge in [-0.25, -0.2) is 9.78 Å². The lowest BCUT2D eigenvalue weighted by Crippen LogP contribution is -2.40. The third-order valence-electron chi connectivity index (χ3n) is 5.99. The molecule has 0 spiro atoms. The van der Waals surface area contributed by atoms with Gasteiger partial charge in [0.2, 0.25) is 0 Å². The van der Waals surface area contributed by atoms with E-state index in [1.54, 1.807) is 23.5 Å². The highest BCUT2D eigenvalue weighted by atomic mass is 35.5. The van der Waals surface area contributed by atoms with Gasteiger partial charge in [-0.3, -0.25) is 5.32 Å². The molecule has 4 rings (SSSR count). The predicted octanol–water partition coefficient (Wildman–Crippen LogP) is 6.32. The number of fused-ring (bicyclic) bond motifs is 1. The summed E-state index contributed by atoms with van der Waals surface area (Å²) >= 11 is 10.2. The van der Waals surface area contributed by atoms with Crippen LogP contribution in [0.5, 0.6) is 0 Å². The molecule has 8 heteroatoms. The van der Waals surface area contributed by atoms with E-state index in [1.165, 1.54) is 5.56 Å². The van der Waals surface area contributed by atoms with E-state index in [0.29, 0.717) is 10.8 Å². The van der Waals surface area contributed by atoms with Gasteiger partial charge in [0.25, 0.3) is 0 Å². The van der Waals surface area contributed by atoms with Gasteiger partial charge >= 0.3 is 6.03 Å². The number of halogens is 1. The molecule has 1 aromatic heterocycles. The third-order valence-corrected chi connectivity index (χ3v) is 7.76. The number of benzene rings is 2. The van der Waals surface area contributed by atoms with Crippen LogP contribution >= 0.6 is 35.1 Å². The lowest BCUT2D eigenvalue weighted by atomic mass is 9.67. The standard InChI is InChI=1S/C26H27ClN4OS2/c1-5-16-10-11-20-18(13-16)26(14-22(30-20)31-25(28)32,17-8-6-7-9-19(17)27)23-21(33-3)12-15(2)29-24(23)34-4/h6-14,30H,5H2,1-4H3,(H3,28,31,32). The summed E-state index contributed by atoms with van der Waals surface area (Å²) in [6.07, 6.45) is 7.01. The molecule has 1 unspecified atom stereocenters. The fraction of sp³-hybridized carbons (Fsp3) is 0.231. The average molecular weight is 511 g/mol. The average Bonchev–Trinajstić information content (AvgIpc) is 2.82. The summed E-state index contributed by atoms with van der Waals surface area (Å²) in [6.45, 7) is 4.14. The molecule has 0 saturated heterocycles. The minimum absolute atomic E-state index is 0.504. The zero-order chi connectivity index (χ0) is 24.5. The third kappa shape index (κ3) is 4.28. The summed E-state index contributed by atoms with van der Waals surface area (Å²) in [6, 6.07) is 15.7. The lowest BCUT2D eigenvalue weighted by Gasteiger charge is -2.41. The highest BCUT2D eigenvalue weighted by Gasteiger charge is 2.44. The SMILES string of the molecule is CCc1ccc2c(c1)C(c1ccccc1Cl)(c1c(SC)cc(C)nc1SC)C=C(NC(N)=O)N2. The second-order valence-electron chi connectivity index (χ2n) is 8.04. The summed E-state index contributed by atoms with van der Waals surface area (Å²) in [5.74, 6) is 0.504. The number of rotatable bonds is 6. The summed E-state index contributed by atoms with van der Waals surface area (Å²) < 4.78 is 0. The number of amides is 2. The Labute approximate surface area is 214 Å². The molecule has 0 fully saturated rings. The molecular formula is C26H27ClN4OS2. The number of urea groups is 1. The number of anilines is 1. The molecule has 2 heterocycles. The van der Waals surface area contributed by atoms with E-state index >= 15 is 0 Å². The smallest absolute Gasteiger partial charge is 0.317 e. The second kappa shape index (κ2) is 9.94. The van der Waals surface area contributed by atoms with Gasteiger partial charge in [-0.15, -0.1) is 23.5 Å². The van der Waals surface area contributed by atoms with Gasteiger partial charge in [0.05, 0.1) is 5.41 Å². The number of hydrogen-bond donors (Lipinski definition) is 3. The Morgan fingerprint density at radius 3 is 2.56 bits per heavy atom. The van der Waals surface area contributed by atoms with E-state index < -0.39 is 11.4 Å². The van der Waals surface area contributed by atoms with E-state index in [-0.39, 0.29) is 0 Å². The molecule has 1 aliphatic rings. The normalized spacial score (nSPS) is 16.9. The fourth-order valence-corrected chi connectivity index (χ4v) is 6.36. The molecule has 3 aromatic rings. The van der Waals surface area contributed by atoms with Crippen LogP contribution in [0.25, 0.3) is 0 Å². The van der Waals surface area contributed by atoms with Gasteiger partial charge < -0.3 is 11.1 Å². The van der Waals surface area contributed by atoms with Crippen LogP contribution in [0.3, 0.4) is 0 Å². The number of carbonyl (C=O) groups excluding carboxylic acids is 1. The highest BCUT2D eigenvalue weighted by Crippen LogP contribution is 2.53. The van der Waals surface area contributed by atoms with Crippen molar-refractivity contribution in [2.75, 3.05) is 17.8 Å². The summed E-state index contributed by atoms with van der Waals surface area (Å²) in [7, 11) is 0. The number of aromatic nitrogens is 1. The number of hydrogen-bond acceptors (Lipinski definition) is 5. The molecule has 2 aromatic carbocycles. The fourth-order valence-electron chi connectivity index (χ4n) is 4.55. The van der Waals surface area contributed by atoms with Crippen LogP contribution in [-0.4, -0.2) is 23.5 Å². The molecular weight excluding hydrogens is 484 g/mol. The number of nitrogens with one attached hydrogen (secondary N) is 2. The highest BCUT2D eigenvalue weighted by molar-refractivity contribution is 7.99. The van der Waals surface area contributed by atoms with Gasteiger partial charge in [-0.05, 0) is 66.8 Å². The molecule has 176 valence electrons. The quantitative estimate of drug-likeness (QED) is 0.338. The van der Waals surface area contributed by atoms with E-state index in [1.807, 2.05) is 43.5 Å². The largest absolute Gasteiger partial charge is 0.351 e. The van der Waals surface area contributed by atoms with Crippen LogP contribution in [0.2, 0.25) is 5.02 Å². The van der Waals surface area contributed by atoms with E-state index in [4.69, 9.17) is 22.3 Å². The van der Waals surface area contributed by atoms with Gasteiger partial charge in [-0.1, -0.05) is 48.9 Å². The van der Waals surface area contributed by atoms with Crippen molar-refractivity contribution in [1.29, 1.82) is 0 Å². The van der Waals surface area contributed by atoms with Crippen molar-refractivity contribution in [3.63, 3.8) is 0 Å². The molecule has 0 radical (unpaired) electrons. The molecule has 0 aliphatic carbocycles. The van der Waals surface area contributed by atoms with Gasteiger partial charge in [0.15, 0.2) is 0 Å². The topological polar surface area (TPSA) is 80.0 Å². The Balaban J connectivity index is 2.23. The number of pyridine rings is 1. The Hall–Kier alpha value is -2.61. The molecule has 0 saturated carbocycles. The summed E-state index contributed by atoms with van der Waals surface area (Å²) in [5.41, 5.74) is 10.7. The van der Waals surface area contributed by atoms with Crippen LogP contribution in [0.15, 0.2) is 70.3 Å². The van der Waals surface area contributed by atoms with Crippen LogP contribution < -0.4 is 16.4 Å². The van der Waals surface area contributed by atoms with Crippen LogP contribution in [0, 0.1) is 6.92 Å². The minimum Gasteiger partial charge on any atom is -0.351 e. The molecule has 5 nitrogen and oxygen atoms in total. The van der Waals surface area contributed by atoms with Crippen molar-refractivity contribution < 1.29 is 4.79 Å². The van der Waals surface area contributed by atoms with Crippen molar-refractivity contribution in [2.24, 2.45) is 5.73 Å². The zero-order valence-corrected chi connectivity index (χ0v) is 21.9. The summed E-state index contributed by atoms with van der Waals surface area (Å²) in [4.78, 5) is 17.9. The number of nitrogens with zero attached hydrogens (tertiary/aromatic N) is 1. The number of thioether (sulfide) groups is 2. The van der Waals surface area contributed by atoms with E-state index in [9.17, 15) is 4.79 Å². The molecule has 0 bridgehead atoms. The first-order chi connectivity index (χ1) is 16.3. The first-order valence-electron chi connectivity index (χ1n) is 10.9. The molecule has 34 heavy (non-hydrogen) atoms. The van der Waals surface area contributed by atoms with E-state index in [2.05, 4.69) is 48.1 Å². The van der Waals surface area contributed by atoms with Gasteiger partial charge in [-0.2, -0.15) is 0 Å². The first kappa shape index (κ1) is 24.5. The Morgan fingerprint density at radius 2 is 1.91 bits per heavy atom. The van der Waals surface area contributed by atoms with Crippen LogP contribution in [0.1, 0.15) is 34.9 Å². The number of primary amides is 1. The monoisotopic (exact) mass is 510 g/mol. The molecule has 1 aliphatic heterocycles.